The van der Waals surface area contributed by atoms with Crippen molar-refractivity contribution < 1.29 is 4.79 Å². The zero-order chi connectivity index (χ0) is 11.1. The topological polar surface area (TPSA) is 56.4 Å². The highest BCUT2D eigenvalue weighted by Crippen LogP contribution is 1.87. The van der Waals surface area contributed by atoms with E-state index < -0.39 is 0 Å². The van der Waals surface area contributed by atoms with E-state index >= 15 is 0 Å². The van der Waals surface area contributed by atoms with Crippen molar-refractivity contribution in [3.8, 4) is 0 Å². The van der Waals surface area contributed by atoms with Crippen LogP contribution in [0.1, 0.15) is 34.6 Å². The summed E-state index contributed by atoms with van der Waals surface area (Å²) < 4.78 is 0. The maximum Gasteiger partial charge on any atom is 0.346 e. The number of amides is 2. The zero-order valence-corrected chi connectivity index (χ0v) is 9.72. The molecule has 0 atom stereocenters. The Bertz CT molecular complexity index is 160. The first-order valence-electron chi connectivity index (χ1n) is 5.07. The normalized spacial score (nSPS) is 10.8. The molecule has 0 saturated heterocycles. The lowest BCUT2D eigenvalue weighted by Crippen LogP contribution is -2.59. The Labute approximate surface area is 86.2 Å². The van der Waals surface area contributed by atoms with Gasteiger partial charge in [0.1, 0.15) is 0 Å². The van der Waals surface area contributed by atoms with E-state index in [1.54, 1.807) is 0 Å². The molecule has 0 heterocycles. The van der Waals surface area contributed by atoms with E-state index in [0.29, 0.717) is 6.54 Å². The van der Waals surface area contributed by atoms with Crippen molar-refractivity contribution in [2.75, 3.05) is 6.54 Å². The van der Waals surface area contributed by atoms with Gasteiger partial charge in [0, 0.05) is 18.6 Å². The molecule has 14 heavy (non-hydrogen) atoms. The molecular weight excluding hydrogens is 180 g/mol. The summed E-state index contributed by atoms with van der Waals surface area (Å²) in [6.45, 7) is 10.4. The van der Waals surface area contributed by atoms with Crippen molar-refractivity contribution in [3.63, 3.8) is 0 Å². The Kier molecular flexibility index (Phi) is 6.23. The summed E-state index contributed by atoms with van der Waals surface area (Å²) in [7, 11) is 0. The molecule has 0 radical (unpaired) electrons. The number of nitrogens with zero attached hydrogens (tertiary/aromatic N) is 1. The van der Waals surface area contributed by atoms with Gasteiger partial charge >= 0.3 is 6.03 Å². The van der Waals surface area contributed by atoms with Crippen LogP contribution in [0.15, 0.2) is 0 Å². The summed E-state index contributed by atoms with van der Waals surface area (Å²) >= 11 is 0. The van der Waals surface area contributed by atoms with E-state index in [1.807, 2.05) is 34.6 Å². The smallest absolute Gasteiger partial charge is 0.336 e. The van der Waals surface area contributed by atoms with Crippen molar-refractivity contribution in [1.82, 2.24) is 21.3 Å². The molecule has 0 unspecified atom stereocenters. The van der Waals surface area contributed by atoms with Gasteiger partial charge < -0.3 is 5.32 Å². The van der Waals surface area contributed by atoms with Crippen molar-refractivity contribution in [1.29, 1.82) is 0 Å². The van der Waals surface area contributed by atoms with Gasteiger partial charge in [0.25, 0.3) is 0 Å². The molecule has 0 aromatic rings. The number of urea groups is 1. The van der Waals surface area contributed by atoms with Crippen LogP contribution < -0.4 is 16.2 Å². The summed E-state index contributed by atoms with van der Waals surface area (Å²) in [5, 5.41) is 4.12. The van der Waals surface area contributed by atoms with Crippen LogP contribution in [0, 0.1) is 0 Å². The third kappa shape index (κ3) is 5.77. The van der Waals surface area contributed by atoms with Gasteiger partial charge in [-0.3, -0.25) is 0 Å². The van der Waals surface area contributed by atoms with E-state index in [2.05, 4.69) is 16.2 Å². The Balaban J connectivity index is 4.15. The van der Waals surface area contributed by atoms with Crippen LogP contribution in [0.25, 0.3) is 0 Å². The largest absolute Gasteiger partial charge is 0.346 e. The van der Waals surface area contributed by atoms with Crippen molar-refractivity contribution in [2.45, 2.75) is 46.7 Å². The van der Waals surface area contributed by atoms with Gasteiger partial charge in [-0.25, -0.2) is 15.6 Å². The molecule has 5 heteroatoms. The van der Waals surface area contributed by atoms with Crippen molar-refractivity contribution >= 4 is 6.03 Å². The molecule has 0 spiro atoms. The van der Waals surface area contributed by atoms with Gasteiger partial charge in [0.15, 0.2) is 0 Å². The molecule has 0 bridgehead atoms. The number of rotatable bonds is 5. The van der Waals surface area contributed by atoms with Crippen molar-refractivity contribution in [3.05, 3.63) is 0 Å². The summed E-state index contributed by atoms with van der Waals surface area (Å²) in [5.74, 6) is 0. The number of hydrazine groups is 2. The maximum atomic E-state index is 11.5. The maximum absolute atomic E-state index is 11.5. The molecule has 0 saturated carbocycles. The molecule has 84 valence electrons. The lowest BCUT2D eigenvalue weighted by Gasteiger charge is -2.27. The molecule has 0 aliphatic heterocycles. The lowest BCUT2D eigenvalue weighted by atomic mass is 10.4. The summed E-state index contributed by atoms with van der Waals surface area (Å²) in [6.07, 6.45) is 0. The third-order valence-corrected chi connectivity index (χ3v) is 1.31. The van der Waals surface area contributed by atoms with E-state index in [1.165, 1.54) is 5.12 Å². The Morgan fingerprint density at radius 1 is 1.14 bits per heavy atom. The van der Waals surface area contributed by atoms with E-state index in [9.17, 15) is 4.79 Å². The second-order valence-electron chi connectivity index (χ2n) is 3.74. The van der Waals surface area contributed by atoms with E-state index in [0.717, 1.165) is 0 Å². The first kappa shape index (κ1) is 13.2. The van der Waals surface area contributed by atoms with E-state index in [4.69, 9.17) is 0 Å². The average Bonchev–Trinajstić information content (AvgIpc) is 2.01. The van der Waals surface area contributed by atoms with Crippen LogP contribution in [0.4, 0.5) is 4.79 Å². The Morgan fingerprint density at radius 3 is 1.86 bits per heavy atom. The predicted octanol–water partition coefficient (Wildman–Crippen LogP) is 0.844. The lowest BCUT2D eigenvalue weighted by molar-refractivity contribution is 0.110. The van der Waals surface area contributed by atoms with Gasteiger partial charge in [-0.2, -0.15) is 5.12 Å². The SMILES string of the molecule is CCNC(=O)N(NC(C)C)NC(C)C. The molecule has 3 N–H and O–H groups in total. The highest BCUT2D eigenvalue weighted by molar-refractivity contribution is 5.73. The first-order chi connectivity index (χ1) is 6.47. The van der Waals surface area contributed by atoms with Crippen molar-refractivity contribution in [2.24, 2.45) is 0 Å². The molecule has 0 aromatic heterocycles. The summed E-state index contributed by atoms with van der Waals surface area (Å²) in [5.41, 5.74) is 6.01. The molecule has 0 aliphatic carbocycles. The van der Waals surface area contributed by atoms with Crippen LogP contribution in [-0.2, 0) is 0 Å². The molecular formula is C9H22N4O. The predicted molar refractivity (Wildman–Crippen MR) is 57.5 cm³/mol. The molecule has 2 amide bonds. The average molecular weight is 202 g/mol. The van der Waals surface area contributed by atoms with Gasteiger partial charge in [-0.15, -0.1) is 0 Å². The van der Waals surface area contributed by atoms with Gasteiger partial charge in [0.05, 0.1) is 0 Å². The fourth-order valence-electron chi connectivity index (χ4n) is 0.901. The summed E-state index contributed by atoms with van der Waals surface area (Å²) in [4.78, 5) is 11.5. The van der Waals surface area contributed by atoms with Gasteiger partial charge in [-0.05, 0) is 34.6 Å². The number of hydrogen-bond acceptors (Lipinski definition) is 3. The number of carbonyl (C=O) groups excluding carboxylic acids is 1. The highest BCUT2D eigenvalue weighted by atomic mass is 16.2. The monoisotopic (exact) mass is 202 g/mol. The Hall–Kier alpha value is -0.810. The number of nitrogens with one attached hydrogen (secondary N) is 3. The van der Waals surface area contributed by atoms with Crippen LogP contribution in [-0.4, -0.2) is 29.8 Å². The fraction of sp³-hybridized carbons (Fsp3) is 0.889. The first-order valence-corrected chi connectivity index (χ1v) is 5.07. The van der Waals surface area contributed by atoms with Crippen LogP contribution >= 0.6 is 0 Å². The molecule has 0 aliphatic rings. The highest BCUT2D eigenvalue weighted by Gasteiger charge is 2.13. The second kappa shape index (κ2) is 6.62. The van der Waals surface area contributed by atoms with Crippen LogP contribution in [0.3, 0.4) is 0 Å². The third-order valence-electron chi connectivity index (χ3n) is 1.31. The zero-order valence-electron chi connectivity index (χ0n) is 9.72. The minimum absolute atomic E-state index is 0.158. The van der Waals surface area contributed by atoms with Gasteiger partial charge in [0.2, 0.25) is 0 Å². The number of hydrogen-bond donors (Lipinski definition) is 3. The minimum atomic E-state index is -0.158. The fourth-order valence-corrected chi connectivity index (χ4v) is 0.901. The van der Waals surface area contributed by atoms with Gasteiger partial charge in [-0.1, -0.05) is 0 Å². The second-order valence-corrected chi connectivity index (χ2v) is 3.74. The van der Waals surface area contributed by atoms with Crippen LogP contribution in [0.5, 0.6) is 0 Å². The number of carbonyl (C=O) groups is 1. The molecule has 5 nitrogen and oxygen atoms in total. The Morgan fingerprint density at radius 2 is 1.57 bits per heavy atom. The summed E-state index contributed by atoms with van der Waals surface area (Å²) in [6, 6.07) is 0.266. The van der Waals surface area contributed by atoms with E-state index in [-0.39, 0.29) is 18.1 Å². The molecule has 0 rings (SSSR count). The standard InChI is InChI=1S/C9H22N4O/c1-6-10-9(14)13(11-7(2)3)12-8(4)5/h7-8,11-12H,6H2,1-5H3,(H,10,14). The van der Waals surface area contributed by atoms with Crippen LogP contribution in [0.2, 0.25) is 0 Å². The minimum Gasteiger partial charge on any atom is -0.336 e. The molecule has 0 fully saturated rings. The molecule has 0 aromatic carbocycles. The quantitative estimate of drug-likeness (QED) is 0.579.